The Kier molecular flexibility index (Phi) is 7.53. The van der Waals surface area contributed by atoms with Gasteiger partial charge >= 0.3 is 0 Å². The van der Waals surface area contributed by atoms with Crippen LogP contribution in [0.5, 0.6) is 34.5 Å². The average molecular weight is 542 g/mol. The van der Waals surface area contributed by atoms with E-state index in [4.69, 9.17) is 9.47 Å². The monoisotopic (exact) mass is 542 g/mol. The number of ketones is 4. The highest BCUT2D eigenvalue weighted by molar-refractivity contribution is 6.51. The van der Waals surface area contributed by atoms with Crippen LogP contribution in [-0.4, -0.2) is 57.8 Å². The van der Waals surface area contributed by atoms with Crippen molar-refractivity contribution in [1.29, 1.82) is 0 Å². The number of ether oxygens (including phenoxy) is 2. The molecule has 4 rings (SSSR count). The second-order valence-corrected chi connectivity index (χ2v) is 8.55. The second-order valence-electron chi connectivity index (χ2n) is 8.55. The number of benzene rings is 4. The summed E-state index contributed by atoms with van der Waals surface area (Å²) < 4.78 is 10.6. The first kappa shape index (κ1) is 27.4. The first-order chi connectivity index (χ1) is 19.0. The fourth-order valence-corrected chi connectivity index (χ4v) is 3.98. The molecule has 10 heteroatoms. The first-order valence-electron chi connectivity index (χ1n) is 11.6. The van der Waals surface area contributed by atoms with Gasteiger partial charge in [0.15, 0.2) is 23.0 Å². The van der Waals surface area contributed by atoms with E-state index in [-0.39, 0.29) is 44.9 Å². The molecule has 0 atom stereocenters. The van der Waals surface area contributed by atoms with E-state index in [0.717, 1.165) is 24.3 Å². The average Bonchev–Trinajstić information content (AvgIpc) is 2.97. The lowest BCUT2D eigenvalue weighted by Crippen LogP contribution is -2.18. The lowest BCUT2D eigenvalue weighted by molar-refractivity contribution is 0.0816. The summed E-state index contributed by atoms with van der Waals surface area (Å²) in [6, 6.07) is 14.7. The standard InChI is InChI=1S/C30H22O10/c1-39-17-5-7-19(29(37)27(35)15-3-9-23(31)25(33)11-15)21(13-17)22-14-18(40-2)6-8-20(22)30(38)28(36)16-4-10-24(32)26(34)12-16/h3-14,31-34H,1-2H3. The molecule has 0 aliphatic rings. The van der Waals surface area contributed by atoms with E-state index in [1.165, 1.54) is 62.8 Å². The molecule has 4 N–H and O–H groups in total. The minimum Gasteiger partial charge on any atom is -0.504 e. The number of carbonyl (C=O) groups is 4. The molecule has 4 aromatic carbocycles. The molecule has 0 saturated heterocycles. The second kappa shape index (κ2) is 11.0. The summed E-state index contributed by atoms with van der Waals surface area (Å²) >= 11 is 0. The number of rotatable bonds is 9. The zero-order valence-electron chi connectivity index (χ0n) is 21.2. The predicted molar refractivity (Wildman–Crippen MR) is 142 cm³/mol. The number of phenolic OH excluding ortho intramolecular Hbond substituents is 4. The number of aromatic hydroxyl groups is 4. The van der Waals surface area contributed by atoms with Gasteiger partial charge in [-0.3, -0.25) is 19.2 Å². The molecule has 0 aromatic heterocycles. The molecule has 4 aromatic rings. The van der Waals surface area contributed by atoms with Crippen LogP contribution in [0.25, 0.3) is 11.1 Å². The van der Waals surface area contributed by atoms with Crippen molar-refractivity contribution in [3.63, 3.8) is 0 Å². The van der Waals surface area contributed by atoms with Gasteiger partial charge in [0.25, 0.3) is 0 Å². The third-order valence-corrected chi connectivity index (χ3v) is 6.12. The van der Waals surface area contributed by atoms with Crippen molar-refractivity contribution in [3.8, 4) is 45.6 Å². The maximum atomic E-state index is 13.4. The van der Waals surface area contributed by atoms with Crippen LogP contribution in [0.2, 0.25) is 0 Å². The quantitative estimate of drug-likeness (QED) is 0.136. The van der Waals surface area contributed by atoms with E-state index in [1.807, 2.05) is 0 Å². The summed E-state index contributed by atoms with van der Waals surface area (Å²) in [5.41, 5.74) is -0.517. The van der Waals surface area contributed by atoms with Crippen molar-refractivity contribution in [1.82, 2.24) is 0 Å². The number of carbonyl (C=O) groups excluding carboxylic acids is 4. The molecule has 0 radical (unpaired) electrons. The maximum absolute atomic E-state index is 13.4. The smallest absolute Gasteiger partial charge is 0.234 e. The van der Waals surface area contributed by atoms with Gasteiger partial charge in [-0.2, -0.15) is 0 Å². The number of methoxy groups -OCH3 is 2. The molecule has 0 amide bonds. The van der Waals surface area contributed by atoms with Crippen molar-refractivity contribution < 1.29 is 49.1 Å². The largest absolute Gasteiger partial charge is 0.504 e. The van der Waals surface area contributed by atoms with Gasteiger partial charge in [0.2, 0.25) is 23.1 Å². The minimum atomic E-state index is -1.01. The Balaban J connectivity index is 1.87. The van der Waals surface area contributed by atoms with Gasteiger partial charge in [0, 0.05) is 22.3 Å². The van der Waals surface area contributed by atoms with Gasteiger partial charge in [-0.15, -0.1) is 0 Å². The summed E-state index contributed by atoms with van der Waals surface area (Å²) in [7, 11) is 2.76. The fraction of sp³-hybridized carbons (Fsp3) is 0.0667. The highest BCUT2D eigenvalue weighted by Crippen LogP contribution is 2.36. The molecule has 0 fully saturated rings. The summed E-state index contributed by atoms with van der Waals surface area (Å²) in [4.78, 5) is 53.0. The number of hydrogen-bond acceptors (Lipinski definition) is 10. The number of Topliss-reactive ketones (excluding diaryl/α,β-unsaturated/α-hetero) is 4. The number of phenols is 4. The third kappa shape index (κ3) is 5.18. The van der Waals surface area contributed by atoms with Crippen LogP contribution in [0.1, 0.15) is 41.4 Å². The molecule has 40 heavy (non-hydrogen) atoms. The molecule has 0 aliphatic carbocycles. The molecule has 0 saturated carbocycles. The fourth-order valence-electron chi connectivity index (χ4n) is 3.98. The molecule has 0 heterocycles. The van der Waals surface area contributed by atoms with Crippen molar-refractivity contribution in [2.24, 2.45) is 0 Å². The maximum Gasteiger partial charge on any atom is 0.234 e. The third-order valence-electron chi connectivity index (χ3n) is 6.12. The Morgan fingerprint density at radius 1 is 0.475 bits per heavy atom. The van der Waals surface area contributed by atoms with Crippen molar-refractivity contribution in [2.75, 3.05) is 14.2 Å². The first-order valence-corrected chi connectivity index (χ1v) is 11.6. The van der Waals surface area contributed by atoms with E-state index in [2.05, 4.69) is 0 Å². The highest BCUT2D eigenvalue weighted by atomic mass is 16.5. The lowest BCUT2D eigenvalue weighted by atomic mass is 9.88. The van der Waals surface area contributed by atoms with E-state index in [0.29, 0.717) is 0 Å². The van der Waals surface area contributed by atoms with Gasteiger partial charge in [-0.1, -0.05) is 0 Å². The normalized spacial score (nSPS) is 10.6. The Hall–Kier alpha value is -5.64. The number of hydrogen-bond donors (Lipinski definition) is 4. The zero-order valence-corrected chi connectivity index (χ0v) is 21.2. The van der Waals surface area contributed by atoms with Crippen LogP contribution >= 0.6 is 0 Å². The van der Waals surface area contributed by atoms with Crippen LogP contribution < -0.4 is 9.47 Å². The molecule has 0 unspecified atom stereocenters. The van der Waals surface area contributed by atoms with E-state index < -0.39 is 46.1 Å². The van der Waals surface area contributed by atoms with E-state index in [1.54, 1.807) is 0 Å². The van der Waals surface area contributed by atoms with Crippen molar-refractivity contribution >= 4 is 23.1 Å². The van der Waals surface area contributed by atoms with Gasteiger partial charge < -0.3 is 29.9 Å². The molecular formula is C30H22O10. The lowest BCUT2D eigenvalue weighted by Gasteiger charge is -2.15. The van der Waals surface area contributed by atoms with Crippen LogP contribution in [-0.2, 0) is 0 Å². The molecule has 0 spiro atoms. The van der Waals surface area contributed by atoms with Gasteiger partial charge in [-0.25, -0.2) is 0 Å². The Morgan fingerprint density at radius 3 is 1.18 bits per heavy atom. The van der Waals surface area contributed by atoms with E-state index >= 15 is 0 Å². The predicted octanol–water partition coefficient (Wildman–Crippen LogP) is 4.32. The van der Waals surface area contributed by atoms with Crippen molar-refractivity contribution in [3.05, 3.63) is 95.1 Å². The Labute approximate surface area is 227 Å². The molecule has 10 nitrogen and oxygen atoms in total. The van der Waals surface area contributed by atoms with E-state index in [9.17, 15) is 39.6 Å². The summed E-state index contributed by atoms with van der Waals surface area (Å²) in [5.74, 6) is -5.59. The Bertz CT molecular complexity index is 1560. The molecule has 0 bridgehead atoms. The van der Waals surface area contributed by atoms with Crippen LogP contribution in [0.15, 0.2) is 72.8 Å². The SMILES string of the molecule is COc1ccc(C(=O)C(=O)c2ccc(O)c(O)c2)c(-c2cc(OC)ccc2C(=O)C(=O)c2ccc(O)c(O)c2)c1. The summed E-state index contributed by atoms with van der Waals surface area (Å²) in [6.45, 7) is 0. The molecule has 202 valence electrons. The molecule has 0 aliphatic heterocycles. The minimum absolute atomic E-state index is 0.0734. The van der Waals surface area contributed by atoms with Crippen LogP contribution in [0, 0.1) is 0 Å². The van der Waals surface area contributed by atoms with Gasteiger partial charge in [0.05, 0.1) is 14.2 Å². The van der Waals surface area contributed by atoms with Gasteiger partial charge in [0.1, 0.15) is 11.5 Å². The summed E-state index contributed by atoms with van der Waals surface area (Å²) in [5, 5.41) is 38.7. The zero-order chi connectivity index (χ0) is 29.1. The topological polar surface area (TPSA) is 168 Å². The highest BCUT2D eigenvalue weighted by Gasteiger charge is 2.28. The van der Waals surface area contributed by atoms with Crippen LogP contribution in [0.4, 0.5) is 0 Å². The van der Waals surface area contributed by atoms with Crippen molar-refractivity contribution in [2.45, 2.75) is 0 Å². The molecular weight excluding hydrogens is 520 g/mol. The van der Waals surface area contributed by atoms with Gasteiger partial charge in [-0.05, 0) is 83.9 Å². The summed E-state index contributed by atoms with van der Waals surface area (Å²) in [6.07, 6.45) is 0. The van der Waals surface area contributed by atoms with Crippen LogP contribution in [0.3, 0.4) is 0 Å². The Morgan fingerprint density at radius 2 is 0.850 bits per heavy atom.